The molecule has 0 saturated carbocycles. The van der Waals surface area contributed by atoms with Crippen molar-refractivity contribution in [3.8, 4) is 45.3 Å². The number of rotatable bonds is 5. The van der Waals surface area contributed by atoms with Crippen LogP contribution in [-0.2, 0) is 0 Å². The third-order valence-electron chi connectivity index (χ3n) is 9.77. The fraction of sp³-hybridized carbons (Fsp3) is 0.0444. The first-order chi connectivity index (χ1) is 24.8. The Hall–Kier alpha value is -6.59. The van der Waals surface area contributed by atoms with Gasteiger partial charge < -0.3 is 8.98 Å². The number of hydrogen-bond acceptors (Lipinski definition) is 4. The Labute approximate surface area is 288 Å². The summed E-state index contributed by atoms with van der Waals surface area (Å²) in [6.07, 6.45) is 9.81. The van der Waals surface area contributed by atoms with E-state index in [1.54, 1.807) is 0 Å². The van der Waals surface area contributed by atoms with E-state index in [1.165, 1.54) is 27.4 Å². The van der Waals surface area contributed by atoms with Crippen LogP contribution in [0.25, 0.3) is 89.0 Å². The minimum atomic E-state index is 0.239. The second-order valence-electron chi connectivity index (χ2n) is 12.7. The highest BCUT2D eigenvalue weighted by Gasteiger charge is 2.22. The maximum Gasteiger partial charge on any atom is 0.164 e. The Balaban J connectivity index is 1.17. The summed E-state index contributed by atoms with van der Waals surface area (Å²) in [6, 6.07) is 48.5. The maximum atomic E-state index is 6.63. The van der Waals surface area contributed by atoms with E-state index in [0.717, 1.165) is 50.6 Å². The number of furan rings is 1. The summed E-state index contributed by atoms with van der Waals surface area (Å²) in [4.78, 5) is 15.0. The second-order valence-corrected chi connectivity index (χ2v) is 12.7. The van der Waals surface area contributed by atoms with Gasteiger partial charge in [-0.3, -0.25) is 0 Å². The zero-order valence-corrected chi connectivity index (χ0v) is 27.1. The van der Waals surface area contributed by atoms with Crippen molar-refractivity contribution in [1.82, 2.24) is 19.5 Å². The van der Waals surface area contributed by atoms with E-state index in [-0.39, 0.29) is 6.04 Å². The molecule has 0 spiro atoms. The van der Waals surface area contributed by atoms with Crippen molar-refractivity contribution in [2.45, 2.75) is 12.5 Å². The van der Waals surface area contributed by atoms with Crippen LogP contribution in [0.5, 0.6) is 0 Å². The third kappa shape index (κ3) is 4.59. The summed E-state index contributed by atoms with van der Waals surface area (Å²) in [6.45, 7) is 0. The first-order valence-corrected chi connectivity index (χ1v) is 17.0. The van der Waals surface area contributed by atoms with Crippen LogP contribution in [0.1, 0.15) is 12.5 Å². The summed E-state index contributed by atoms with van der Waals surface area (Å²) < 4.78 is 9.14. The van der Waals surface area contributed by atoms with Crippen molar-refractivity contribution >= 4 is 43.7 Å². The van der Waals surface area contributed by atoms with E-state index < -0.39 is 0 Å². The highest BCUT2D eigenvalue weighted by Crippen LogP contribution is 2.42. The summed E-state index contributed by atoms with van der Waals surface area (Å²) >= 11 is 0. The van der Waals surface area contributed by atoms with Crippen LogP contribution >= 0.6 is 0 Å². The van der Waals surface area contributed by atoms with Crippen molar-refractivity contribution in [3.05, 3.63) is 164 Å². The molecule has 5 heteroatoms. The Morgan fingerprint density at radius 3 is 1.96 bits per heavy atom. The normalized spacial score (nSPS) is 14.4. The molecule has 0 bridgehead atoms. The number of fused-ring (bicyclic) bond motifs is 6. The minimum Gasteiger partial charge on any atom is -0.456 e. The first-order valence-electron chi connectivity index (χ1n) is 17.0. The molecule has 0 aliphatic heterocycles. The third-order valence-corrected chi connectivity index (χ3v) is 9.77. The average molecular weight is 643 g/mol. The molecule has 50 heavy (non-hydrogen) atoms. The monoisotopic (exact) mass is 642 g/mol. The zero-order chi connectivity index (χ0) is 33.0. The lowest BCUT2D eigenvalue weighted by Gasteiger charge is -2.20. The van der Waals surface area contributed by atoms with Gasteiger partial charge in [-0.1, -0.05) is 140 Å². The number of nitrogens with zero attached hydrogens (tertiary/aromatic N) is 4. The van der Waals surface area contributed by atoms with Gasteiger partial charge in [0.2, 0.25) is 0 Å². The summed E-state index contributed by atoms with van der Waals surface area (Å²) in [5.41, 5.74) is 9.18. The number of para-hydroxylation sites is 2. The molecule has 0 N–H and O–H groups in total. The number of allylic oxidation sites excluding steroid dienone is 4. The Kier molecular flexibility index (Phi) is 6.56. The molecule has 1 aliphatic carbocycles. The van der Waals surface area contributed by atoms with Gasteiger partial charge in [0.1, 0.15) is 11.2 Å². The molecule has 9 aromatic rings. The number of hydrogen-bond donors (Lipinski definition) is 0. The van der Waals surface area contributed by atoms with Gasteiger partial charge in [-0.15, -0.1) is 0 Å². The van der Waals surface area contributed by atoms with Gasteiger partial charge in [0, 0.05) is 49.3 Å². The molecular formula is C45H30N4O. The van der Waals surface area contributed by atoms with Crippen LogP contribution < -0.4 is 0 Å². The van der Waals surface area contributed by atoms with E-state index in [2.05, 4.69) is 95.6 Å². The molecule has 1 atom stereocenters. The molecule has 0 fully saturated rings. The molecule has 1 aliphatic rings. The highest BCUT2D eigenvalue weighted by molar-refractivity contribution is 6.15. The van der Waals surface area contributed by atoms with E-state index in [0.29, 0.717) is 17.5 Å². The average Bonchev–Trinajstić information content (AvgIpc) is 3.74. The van der Waals surface area contributed by atoms with Crippen LogP contribution in [0.2, 0.25) is 0 Å². The molecule has 3 aromatic heterocycles. The molecule has 1 unspecified atom stereocenters. The quantitative estimate of drug-likeness (QED) is 0.187. The topological polar surface area (TPSA) is 56.7 Å². The van der Waals surface area contributed by atoms with Crippen LogP contribution in [0.15, 0.2) is 168 Å². The van der Waals surface area contributed by atoms with E-state index >= 15 is 0 Å². The van der Waals surface area contributed by atoms with Gasteiger partial charge in [-0.05, 0) is 36.2 Å². The maximum absolute atomic E-state index is 6.63. The van der Waals surface area contributed by atoms with Gasteiger partial charge >= 0.3 is 0 Å². The van der Waals surface area contributed by atoms with Gasteiger partial charge in [-0.2, -0.15) is 0 Å². The van der Waals surface area contributed by atoms with Gasteiger partial charge in [0.05, 0.1) is 11.6 Å². The van der Waals surface area contributed by atoms with Crippen molar-refractivity contribution in [2.75, 3.05) is 0 Å². The molecule has 0 amide bonds. The summed E-state index contributed by atoms with van der Waals surface area (Å²) in [5, 5.41) is 4.54. The Morgan fingerprint density at radius 2 is 1.20 bits per heavy atom. The number of benzene rings is 6. The van der Waals surface area contributed by atoms with E-state index in [4.69, 9.17) is 19.4 Å². The highest BCUT2D eigenvalue weighted by atomic mass is 16.3. The fourth-order valence-corrected chi connectivity index (χ4v) is 7.50. The summed E-state index contributed by atoms with van der Waals surface area (Å²) in [5.74, 6) is 1.88. The lowest BCUT2D eigenvalue weighted by atomic mass is 9.99. The van der Waals surface area contributed by atoms with Gasteiger partial charge in [0.25, 0.3) is 0 Å². The molecule has 6 aromatic carbocycles. The first kappa shape index (κ1) is 28.4. The molecule has 236 valence electrons. The lowest BCUT2D eigenvalue weighted by molar-refractivity contribution is 0.648. The molecule has 5 nitrogen and oxygen atoms in total. The smallest absolute Gasteiger partial charge is 0.164 e. The fourth-order valence-electron chi connectivity index (χ4n) is 7.50. The minimum absolute atomic E-state index is 0.239. The molecule has 10 rings (SSSR count). The lowest BCUT2D eigenvalue weighted by Crippen LogP contribution is -2.07. The summed E-state index contributed by atoms with van der Waals surface area (Å²) in [7, 11) is 0. The van der Waals surface area contributed by atoms with Gasteiger partial charge in [0.15, 0.2) is 17.5 Å². The largest absolute Gasteiger partial charge is 0.456 e. The number of aromatic nitrogens is 4. The van der Waals surface area contributed by atoms with E-state index in [9.17, 15) is 0 Å². The Bertz CT molecular complexity index is 2730. The van der Waals surface area contributed by atoms with Crippen molar-refractivity contribution in [2.24, 2.45) is 0 Å². The second kappa shape index (κ2) is 11.5. The van der Waals surface area contributed by atoms with Crippen LogP contribution in [0, 0.1) is 0 Å². The predicted molar refractivity (Wildman–Crippen MR) is 204 cm³/mol. The molecule has 0 radical (unpaired) electrons. The van der Waals surface area contributed by atoms with Crippen LogP contribution in [0.3, 0.4) is 0 Å². The van der Waals surface area contributed by atoms with Crippen LogP contribution in [0.4, 0.5) is 0 Å². The molecule has 0 saturated heterocycles. The van der Waals surface area contributed by atoms with E-state index in [1.807, 2.05) is 72.8 Å². The predicted octanol–water partition coefficient (Wildman–Crippen LogP) is 11.6. The van der Waals surface area contributed by atoms with Crippen molar-refractivity contribution in [1.29, 1.82) is 0 Å². The Morgan fingerprint density at radius 1 is 0.520 bits per heavy atom. The van der Waals surface area contributed by atoms with Gasteiger partial charge in [-0.25, -0.2) is 15.0 Å². The van der Waals surface area contributed by atoms with Crippen LogP contribution in [-0.4, -0.2) is 19.5 Å². The zero-order valence-electron chi connectivity index (χ0n) is 27.1. The van der Waals surface area contributed by atoms with Crippen molar-refractivity contribution < 1.29 is 4.42 Å². The SMILES string of the molecule is C1=CCC(n2c3ccccc3c3cccc(-c4ccc5c(c4)oc4cccc(-c6nc(-c7ccccc7)nc(-c7ccccc7)n6)c45)c32)C=C1. The van der Waals surface area contributed by atoms with Crippen molar-refractivity contribution in [3.63, 3.8) is 0 Å². The standard InChI is InChI=1S/C45H30N4O/c1-4-14-29(15-5-1)43-46-44(30-16-6-2-7-17-30)48-45(47-43)37-23-13-25-39-41(37)36-27-26-31(28-40(36)50-39)33-21-12-22-35-34-20-10-11-24-38(34)49(42(33)35)32-18-8-3-9-19-32/h1-18,20-28,32H,19H2. The molecular weight excluding hydrogens is 613 g/mol. The molecule has 3 heterocycles.